The molecule has 6 aliphatic rings. The lowest BCUT2D eigenvalue weighted by molar-refractivity contribution is -0.132. The highest BCUT2D eigenvalue weighted by molar-refractivity contribution is 8.35. The van der Waals surface area contributed by atoms with E-state index >= 15 is 4.39 Å². The number of rotatable bonds is 9. The highest BCUT2D eigenvalue weighted by Gasteiger charge is 2.75. The third-order valence-corrected chi connectivity index (χ3v) is 13.5. The van der Waals surface area contributed by atoms with Crippen LogP contribution in [0.4, 0.5) is 8.78 Å². The van der Waals surface area contributed by atoms with Crippen LogP contribution in [-0.4, -0.2) is 87.4 Å². The van der Waals surface area contributed by atoms with Gasteiger partial charge in [-0.3, -0.25) is 9.89 Å². The van der Waals surface area contributed by atoms with Crippen LogP contribution in [0.2, 0.25) is 0 Å². The molecule has 3 fully saturated rings. The van der Waals surface area contributed by atoms with Gasteiger partial charge in [-0.2, -0.15) is 5.26 Å². The zero-order valence-electron chi connectivity index (χ0n) is 25.5. The predicted octanol–water partition coefficient (Wildman–Crippen LogP) is 4.75. The number of aliphatic carboxylic acids is 1. The minimum Gasteiger partial charge on any atom is -0.478 e. The fourth-order valence-corrected chi connectivity index (χ4v) is 10.5. The zero-order valence-corrected chi connectivity index (χ0v) is 26.3. The molecular weight excluding hydrogens is 624 g/mol. The maximum absolute atomic E-state index is 15.2. The van der Waals surface area contributed by atoms with Gasteiger partial charge in [-0.1, -0.05) is 12.1 Å². The molecule has 2 aromatic rings. The van der Waals surface area contributed by atoms with Gasteiger partial charge >= 0.3 is 5.97 Å². The number of ether oxygens (including phenoxy) is 2. The predicted molar refractivity (Wildman–Crippen MR) is 172 cm³/mol. The number of carboxylic acids is 1. The second-order valence-electron chi connectivity index (χ2n) is 13.2. The Morgan fingerprint density at radius 3 is 2.81 bits per heavy atom. The maximum Gasteiger partial charge on any atom is 0.335 e. The van der Waals surface area contributed by atoms with E-state index in [1.807, 2.05) is 23.1 Å². The number of aromatic nitrogens is 1. The van der Waals surface area contributed by atoms with Crippen LogP contribution in [0.5, 0.6) is 5.88 Å². The van der Waals surface area contributed by atoms with Gasteiger partial charge in [0.15, 0.2) is 0 Å². The third-order valence-electron chi connectivity index (χ3n) is 10.6. The largest absolute Gasteiger partial charge is 0.478 e. The van der Waals surface area contributed by atoms with E-state index in [9.17, 15) is 14.3 Å². The molecule has 8 rings (SSSR count). The summed E-state index contributed by atoms with van der Waals surface area (Å²) in [6.07, 6.45) is 5.26. The molecule has 4 unspecified atom stereocenters. The second-order valence-corrected chi connectivity index (χ2v) is 16.0. The van der Waals surface area contributed by atoms with Gasteiger partial charge in [0.05, 0.1) is 41.6 Å². The van der Waals surface area contributed by atoms with Crippen LogP contribution in [0.1, 0.15) is 36.1 Å². The van der Waals surface area contributed by atoms with E-state index < -0.39 is 39.1 Å². The number of piperidine rings is 1. The molecule has 1 N–H and O–H groups in total. The molecule has 5 heterocycles. The Bertz CT molecular complexity index is 1960. The fourth-order valence-electron chi connectivity index (χ4n) is 7.75. The molecule has 0 amide bonds. The highest BCUT2D eigenvalue weighted by atomic mass is 32.2. The van der Waals surface area contributed by atoms with Gasteiger partial charge in [-0.25, -0.2) is 18.6 Å². The molecule has 0 radical (unpaired) electrons. The molecular formula is C35H33F2N5O4S. The van der Waals surface area contributed by atoms with Crippen LogP contribution in [0.3, 0.4) is 0 Å². The van der Waals surface area contributed by atoms with Crippen molar-refractivity contribution >= 4 is 21.2 Å². The van der Waals surface area contributed by atoms with E-state index in [0.717, 1.165) is 43.4 Å². The van der Waals surface area contributed by atoms with Crippen LogP contribution in [0.25, 0.3) is 0 Å². The number of pyridine rings is 1. The number of benzene rings is 1. The number of halogens is 2. The van der Waals surface area contributed by atoms with Crippen LogP contribution in [0.15, 0.2) is 75.8 Å². The van der Waals surface area contributed by atoms with E-state index in [0.29, 0.717) is 37.7 Å². The maximum atomic E-state index is 15.2. The van der Waals surface area contributed by atoms with Crippen LogP contribution in [-0.2, 0) is 21.6 Å². The topological polar surface area (TPSA) is 111 Å². The summed E-state index contributed by atoms with van der Waals surface area (Å²) in [4.78, 5) is 25.8. The van der Waals surface area contributed by atoms with E-state index in [1.165, 1.54) is 6.07 Å². The van der Waals surface area contributed by atoms with Crippen molar-refractivity contribution in [2.24, 2.45) is 4.99 Å². The molecule has 2 aliphatic carbocycles. The summed E-state index contributed by atoms with van der Waals surface area (Å²) in [5.74, 6) is -1.06. The fraction of sp³-hybridized carbons (Fsp3) is 0.400. The third kappa shape index (κ3) is 4.92. The molecule has 0 bridgehead atoms. The van der Waals surface area contributed by atoms with Crippen molar-refractivity contribution in [2.45, 2.75) is 54.2 Å². The van der Waals surface area contributed by atoms with Gasteiger partial charge < -0.3 is 19.5 Å². The van der Waals surface area contributed by atoms with Gasteiger partial charge in [0.2, 0.25) is 5.88 Å². The minimum atomic E-state index is -1.59. The molecule has 4 aliphatic heterocycles. The van der Waals surface area contributed by atoms with Crippen LogP contribution >= 0.6 is 9.44 Å². The number of nitriles is 1. The molecule has 47 heavy (non-hydrogen) atoms. The Hall–Kier alpha value is -4.27. The van der Waals surface area contributed by atoms with Crippen molar-refractivity contribution in [1.29, 1.82) is 5.26 Å². The summed E-state index contributed by atoms with van der Waals surface area (Å²) < 4.78 is 41.1. The Kier molecular flexibility index (Phi) is 6.97. The molecule has 242 valence electrons. The van der Waals surface area contributed by atoms with Crippen molar-refractivity contribution in [1.82, 2.24) is 14.8 Å². The number of hydrogen-bond donors (Lipinski definition) is 1. The quantitative estimate of drug-likeness (QED) is 0.412. The SMILES string of the molecule is C#S1(C23CN(CC4=NC5C(F)=CC(C(=O)O)=CC5N4C[C@@H]4CCO4)CCC2(c2cccc(OCc4ccc(C#N)cc4F)n2)C3)C=C1. The lowest BCUT2D eigenvalue weighted by Gasteiger charge is -2.41. The number of likely N-dealkylation sites (tertiary alicyclic amines) is 1. The average molecular weight is 658 g/mol. The molecule has 1 saturated carbocycles. The van der Waals surface area contributed by atoms with E-state index in [2.05, 4.69) is 15.7 Å². The number of carbonyl (C=O) groups is 1. The smallest absolute Gasteiger partial charge is 0.335 e. The molecule has 1 aromatic carbocycles. The Labute approximate surface area is 272 Å². The first-order valence-electron chi connectivity index (χ1n) is 15.7. The van der Waals surface area contributed by atoms with Crippen molar-refractivity contribution in [2.75, 3.05) is 32.8 Å². The standard InChI is InChI=1S/C35H33F2N5O4S/c1-47(11-12-47)35-20-34(35,29-3-2-4-31(39-29)46-19-23-6-5-22(16-38)13-26(23)36)8-9-41(21-35)18-30-40-32-27(37)14-24(33(43)44)15-28(32)42(30)17-25-7-10-45-25/h1-6,11-15,25,28,32H,7-10,17-21H2,(H,43,44)/t25-,28?,32?,34?,35?/m0/s1. The number of fused-ring (bicyclic) bond motifs is 2. The van der Waals surface area contributed by atoms with Gasteiger partial charge in [0.25, 0.3) is 0 Å². The highest BCUT2D eigenvalue weighted by Crippen LogP contribution is 2.80. The number of amidine groups is 1. The van der Waals surface area contributed by atoms with E-state index in [4.69, 9.17) is 30.4 Å². The van der Waals surface area contributed by atoms with Crippen LogP contribution in [0, 0.1) is 22.8 Å². The summed E-state index contributed by atoms with van der Waals surface area (Å²) in [6.45, 7) is 3.14. The molecule has 0 spiro atoms. The number of carboxylic acid groups (broad SMARTS) is 1. The van der Waals surface area contributed by atoms with E-state index in [1.54, 1.807) is 24.3 Å². The Balaban J connectivity index is 1.02. The monoisotopic (exact) mass is 657 g/mol. The zero-order chi connectivity index (χ0) is 32.6. The summed E-state index contributed by atoms with van der Waals surface area (Å²) in [6, 6.07) is 10.7. The summed E-state index contributed by atoms with van der Waals surface area (Å²) >= 11 is 0. The molecule has 5 atom stereocenters. The van der Waals surface area contributed by atoms with Gasteiger partial charge in [-0.05, 0) is 67.0 Å². The van der Waals surface area contributed by atoms with Crippen molar-refractivity contribution in [3.63, 3.8) is 0 Å². The minimum absolute atomic E-state index is 0.000214. The normalized spacial score (nSPS) is 31.4. The lowest BCUT2D eigenvalue weighted by Crippen LogP contribution is -2.52. The summed E-state index contributed by atoms with van der Waals surface area (Å²) in [7, 11) is -1.59. The van der Waals surface area contributed by atoms with E-state index in [-0.39, 0.29) is 34.0 Å². The molecule has 12 heteroatoms. The first-order valence-corrected chi connectivity index (χ1v) is 17.5. The van der Waals surface area contributed by atoms with Crippen molar-refractivity contribution in [3.8, 4) is 17.6 Å². The average Bonchev–Trinajstić information content (AvgIpc) is 3.93. The van der Waals surface area contributed by atoms with Crippen LogP contribution < -0.4 is 4.74 Å². The lowest BCUT2D eigenvalue weighted by atomic mass is 9.90. The van der Waals surface area contributed by atoms with Crippen molar-refractivity contribution in [3.05, 3.63) is 93.4 Å². The number of nitrogens with zero attached hydrogens (tertiary/aromatic N) is 5. The van der Waals surface area contributed by atoms with Gasteiger partial charge in [0.1, 0.15) is 30.1 Å². The first kappa shape index (κ1) is 30.1. The summed E-state index contributed by atoms with van der Waals surface area (Å²) in [5, 5.41) is 22.9. The molecule has 9 nitrogen and oxygen atoms in total. The molecule has 1 aromatic heterocycles. The number of aliphatic imine (C=N–C) groups is 1. The Morgan fingerprint density at radius 2 is 2.11 bits per heavy atom. The number of hydrogen-bond acceptors (Lipinski definition) is 8. The Morgan fingerprint density at radius 1 is 1.28 bits per heavy atom. The first-order chi connectivity index (χ1) is 22.6. The molecule has 2 saturated heterocycles. The summed E-state index contributed by atoms with van der Waals surface area (Å²) in [5.41, 5.74) is 8.22. The second kappa shape index (κ2) is 10.9. The van der Waals surface area contributed by atoms with Gasteiger partial charge in [0, 0.05) is 41.5 Å². The van der Waals surface area contributed by atoms with Crippen molar-refractivity contribution < 1.29 is 28.2 Å². The van der Waals surface area contributed by atoms with Gasteiger partial charge in [-0.15, -0.1) is 15.1 Å².